The predicted octanol–water partition coefficient (Wildman–Crippen LogP) is 1.80. The molecule has 15 heavy (non-hydrogen) atoms. The lowest BCUT2D eigenvalue weighted by molar-refractivity contribution is -0.688. The second-order valence-electron chi connectivity index (χ2n) is 3.95. The molecule has 0 aliphatic carbocycles. The van der Waals surface area contributed by atoms with E-state index in [9.17, 15) is 0 Å². The maximum absolute atomic E-state index is 4.30. The summed E-state index contributed by atoms with van der Waals surface area (Å²) in [5, 5.41) is 0. The van der Waals surface area contributed by atoms with Crippen LogP contribution in [0.15, 0.2) is 43.1 Å². The van der Waals surface area contributed by atoms with Crippen LogP contribution in [0.3, 0.4) is 0 Å². The van der Waals surface area contributed by atoms with E-state index < -0.39 is 0 Å². The second kappa shape index (κ2) is 4.26. The molecule has 2 aromatic heterocycles. The SMILES string of the molecule is CC(C)n1cc[n+](Cc2ccccn2)c1. The van der Waals surface area contributed by atoms with E-state index >= 15 is 0 Å². The van der Waals surface area contributed by atoms with Crippen molar-refractivity contribution in [1.29, 1.82) is 0 Å². The maximum Gasteiger partial charge on any atom is 0.244 e. The monoisotopic (exact) mass is 202 g/mol. The van der Waals surface area contributed by atoms with Gasteiger partial charge in [-0.25, -0.2) is 9.13 Å². The Kier molecular flexibility index (Phi) is 2.81. The number of nitrogens with zero attached hydrogens (tertiary/aromatic N) is 3. The Bertz CT molecular complexity index is 417. The molecule has 2 aromatic rings. The summed E-state index contributed by atoms with van der Waals surface area (Å²) in [4.78, 5) is 4.30. The molecule has 0 aromatic carbocycles. The summed E-state index contributed by atoms with van der Waals surface area (Å²) in [6.45, 7) is 5.18. The smallest absolute Gasteiger partial charge is 0.244 e. The molecule has 0 spiro atoms. The highest BCUT2D eigenvalue weighted by molar-refractivity contribution is 5.01. The third-order valence-corrected chi connectivity index (χ3v) is 2.38. The quantitative estimate of drug-likeness (QED) is 0.695. The topological polar surface area (TPSA) is 21.7 Å². The molecule has 0 bridgehead atoms. The Balaban J connectivity index is 2.12. The fraction of sp³-hybridized carbons (Fsp3) is 0.333. The molecule has 78 valence electrons. The summed E-state index contributed by atoms with van der Waals surface area (Å²) < 4.78 is 4.32. The van der Waals surface area contributed by atoms with E-state index in [1.807, 2.05) is 24.4 Å². The van der Waals surface area contributed by atoms with Gasteiger partial charge in [-0.3, -0.25) is 4.98 Å². The number of pyridine rings is 1. The predicted molar refractivity (Wildman–Crippen MR) is 58.4 cm³/mol. The van der Waals surface area contributed by atoms with E-state index in [2.05, 4.69) is 46.7 Å². The van der Waals surface area contributed by atoms with E-state index in [-0.39, 0.29) is 0 Å². The lowest BCUT2D eigenvalue weighted by atomic mass is 10.3. The van der Waals surface area contributed by atoms with Gasteiger partial charge in [0.05, 0.1) is 11.7 Å². The van der Waals surface area contributed by atoms with Crippen molar-refractivity contribution >= 4 is 0 Å². The molecule has 0 atom stereocenters. The highest BCUT2D eigenvalue weighted by Crippen LogP contribution is 2.00. The highest BCUT2D eigenvalue weighted by Gasteiger charge is 2.07. The Morgan fingerprint density at radius 3 is 2.87 bits per heavy atom. The third-order valence-electron chi connectivity index (χ3n) is 2.38. The zero-order chi connectivity index (χ0) is 10.7. The maximum atomic E-state index is 4.30. The van der Waals surface area contributed by atoms with Crippen molar-refractivity contribution in [2.75, 3.05) is 0 Å². The molecule has 0 unspecified atom stereocenters. The average Bonchev–Trinajstić information content (AvgIpc) is 2.68. The molecule has 0 fully saturated rings. The van der Waals surface area contributed by atoms with Crippen molar-refractivity contribution in [2.24, 2.45) is 0 Å². The number of hydrogen-bond donors (Lipinski definition) is 0. The summed E-state index contributed by atoms with van der Waals surface area (Å²) in [7, 11) is 0. The minimum Gasteiger partial charge on any atom is -0.257 e. The van der Waals surface area contributed by atoms with Gasteiger partial charge in [-0.1, -0.05) is 6.07 Å². The summed E-state index contributed by atoms with van der Waals surface area (Å²) in [6, 6.07) is 6.50. The van der Waals surface area contributed by atoms with Crippen LogP contribution in [0.1, 0.15) is 25.6 Å². The Morgan fingerprint density at radius 1 is 1.40 bits per heavy atom. The van der Waals surface area contributed by atoms with Crippen LogP contribution < -0.4 is 4.57 Å². The van der Waals surface area contributed by atoms with Gasteiger partial charge in [-0.05, 0) is 26.0 Å². The van der Waals surface area contributed by atoms with E-state index in [1.54, 1.807) is 0 Å². The lowest BCUT2D eigenvalue weighted by Gasteiger charge is -1.98. The van der Waals surface area contributed by atoms with Gasteiger partial charge >= 0.3 is 0 Å². The first-order chi connectivity index (χ1) is 7.25. The van der Waals surface area contributed by atoms with Gasteiger partial charge in [0.25, 0.3) is 0 Å². The van der Waals surface area contributed by atoms with Crippen molar-refractivity contribution in [1.82, 2.24) is 9.55 Å². The van der Waals surface area contributed by atoms with Crippen LogP contribution in [0.25, 0.3) is 0 Å². The third kappa shape index (κ3) is 2.43. The average molecular weight is 202 g/mol. The second-order valence-corrected chi connectivity index (χ2v) is 3.95. The Morgan fingerprint density at radius 2 is 2.27 bits per heavy atom. The van der Waals surface area contributed by atoms with Crippen LogP contribution in [0.5, 0.6) is 0 Å². The summed E-state index contributed by atoms with van der Waals surface area (Å²) >= 11 is 0. The molecular weight excluding hydrogens is 186 g/mol. The van der Waals surface area contributed by atoms with Crippen LogP contribution >= 0.6 is 0 Å². The zero-order valence-corrected chi connectivity index (χ0v) is 9.17. The van der Waals surface area contributed by atoms with Crippen molar-refractivity contribution < 1.29 is 4.57 Å². The van der Waals surface area contributed by atoms with Crippen molar-refractivity contribution in [3.05, 3.63) is 48.8 Å². The summed E-state index contributed by atoms with van der Waals surface area (Å²) in [6.07, 6.45) is 8.11. The Labute approximate surface area is 90.0 Å². The normalized spacial score (nSPS) is 10.9. The molecule has 0 amide bonds. The molecule has 0 saturated carbocycles. The van der Waals surface area contributed by atoms with Gasteiger partial charge in [0.1, 0.15) is 18.9 Å². The zero-order valence-electron chi connectivity index (χ0n) is 9.17. The Hall–Kier alpha value is -1.64. The van der Waals surface area contributed by atoms with E-state index in [0.717, 1.165) is 12.2 Å². The first-order valence-corrected chi connectivity index (χ1v) is 5.22. The number of rotatable bonds is 3. The van der Waals surface area contributed by atoms with Gasteiger partial charge < -0.3 is 0 Å². The number of aromatic nitrogens is 3. The van der Waals surface area contributed by atoms with Crippen LogP contribution in [0, 0.1) is 0 Å². The van der Waals surface area contributed by atoms with Gasteiger partial charge in [0.15, 0.2) is 0 Å². The van der Waals surface area contributed by atoms with E-state index in [4.69, 9.17) is 0 Å². The first-order valence-electron chi connectivity index (χ1n) is 5.22. The molecule has 2 heterocycles. The van der Waals surface area contributed by atoms with Crippen LogP contribution in [-0.2, 0) is 6.54 Å². The molecule has 3 heteroatoms. The lowest BCUT2D eigenvalue weighted by Crippen LogP contribution is -2.32. The van der Waals surface area contributed by atoms with E-state index in [1.165, 1.54) is 0 Å². The first kappa shape index (κ1) is 9.90. The molecule has 0 saturated heterocycles. The number of imidazole rings is 1. The molecule has 0 N–H and O–H groups in total. The minimum atomic E-state index is 0.509. The highest BCUT2D eigenvalue weighted by atomic mass is 15.1. The van der Waals surface area contributed by atoms with Crippen molar-refractivity contribution in [3.8, 4) is 0 Å². The minimum absolute atomic E-state index is 0.509. The molecule has 3 nitrogen and oxygen atoms in total. The molecule has 0 radical (unpaired) electrons. The summed E-state index contributed by atoms with van der Waals surface area (Å²) in [5.41, 5.74) is 1.09. The largest absolute Gasteiger partial charge is 0.257 e. The van der Waals surface area contributed by atoms with Gasteiger partial charge in [0.2, 0.25) is 6.33 Å². The fourth-order valence-corrected chi connectivity index (χ4v) is 1.49. The molecule has 0 aliphatic rings. The van der Waals surface area contributed by atoms with Crippen LogP contribution in [0.4, 0.5) is 0 Å². The van der Waals surface area contributed by atoms with Gasteiger partial charge in [-0.2, -0.15) is 0 Å². The van der Waals surface area contributed by atoms with E-state index in [0.29, 0.717) is 6.04 Å². The van der Waals surface area contributed by atoms with Gasteiger partial charge in [-0.15, -0.1) is 0 Å². The standard InChI is InChI=1S/C12H16N3/c1-11(2)15-8-7-14(10-15)9-12-5-3-4-6-13-12/h3-8,10-11H,9H2,1-2H3/q+1. The molecule has 0 aliphatic heterocycles. The molecule has 2 rings (SSSR count). The summed E-state index contributed by atoms with van der Waals surface area (Å²) in [5.74, 6) is 0. The van der Waals surface area contributed by atoms with Gasteiger partial charge in [0, 0.05) is 6.20 Å². The number of hydrogen-bond acceptors (Lipinski definition) is 1. The fourth-order valence-electron chi connectivity index (χ4n) is 1.49. The van der Waals surface area contributed by atoms with Crippen molar-refractivity contribution in [2.45, 2.75) is 26.4 Å². The van der Waals surface area contributed by atoms with Crippen molar-refractivity contribution in [3.63, 3.8) is 0 Å². The molecular formula is C12H16N3+. The van der Waals surface area contributed by atoms with Crippen LogP contribution in [0.2, 0.25) is 0 Å². The van der Waals surface area contributed by atoms with Crippen LogP contribution in [-0.4, -0.2) is 9.55 Å².